The van der Waals surface area contributed by atoms with Crippen molar-refractivity contribution < 1.29 is 14.6 Å². The molecule has 84 valence electrons. The van der Waals surface area contributed by atoms with Crippen LogP contribution in [0.1, 0.15) is 30.6 Å². The first-order valence-corrected chi connectivity index (χ1v) is 5.11. The number of fused-ring (bicyclic) bond motifs is 1. The van der Waals surface area contributed by atoms with E-state index in [0.717, 1.165) is 11.3 Å². The quantitative estimate of drug-likeness (QED) is 0.569. The Hall–Kier alpha value is -1.75. The topological polar surface area (TPSA) is 60.8 Å². The second-order valence-corrected chi connectivity index (χ2v) is 3.37. The van der Waals surface area contributed by atoms with Gasteiger partial charge in [-0.3, -0.25) is 14.9 Å². The summed E-state index contributed by atoms with van der Waals surface area (Å²) in [6.45, 7) is 1.91. The molecule has 0 fully saturated rings. The fraction of sp³-hybridized carbons (Fsp3) is 0.364. The van der Waals surface area contributed by atoms with Gasteiger partial charge in [0.1, 0.15) is 12.6 Å². The van der Waals surface area contributed by atoms with E-state index in [-0.39, 0.29) is 18.6 Å². The third-order valence-corrected chi connectivity index (χ3v) is 2.25. The van der Waals surface area contributed by atoms with Gasteiger partial charge in [-0.25, -0.2) is 4.79 Å². The number of aliphatic imine (C=N–C) groups is 1. The predicted octanol–water partition coefficient (Wildman–Crippen LogP) is 1.44. The Kier molecular flexibility index (Phi) is 3.26. The molecule has 0 aliphatic carbocycles. The maximum absolute atomic E-state index is 10.8. The Morgan fingerprint density at radius 2 is 2.44 bits per heavy atom. The van der Waals surface area contributed by atoms with Gasteiger partial charge < -0.3 is 0 Å². The van der Waals surface area contributed by atoms with Crippen molar-refractivity contribution in [2.75, 3.05) is 6.61 Å². The van der Waals surface area contributed by atoms with Crippen LogP contribution in [0, 0.1) is 0 Å². The average Bonchev–Trinajstić information content (AvgIpc) is 2.73. The minimum Gasteiger partial charge on any atom is -0.298 e. The molecule has 0 radical (unpaired) electrons. The fourth-order valence-corrected chi connectivity index (χ4v) is 1.40. The van der Waals surface area contributed by atoms with Gasteiger partial charge in [0.2, 0.25) is 0 Å². The summed E-state index contributed by atoms with van der Waals surface area (Å²) in [4.78, 5) is 28.6. The van der Waals surface area contributed by atoms with E-state index in [0.29, 0.717) is 6.42 Å². The van der Waals surface area contributed by atoms with Crippen LogP contribution in [0.4, 0.5) is 0 Å². The van der Waals surface area contributed by atoms with E-state index in [1.54, 1.807) is 19.3 Å². The lowest BCUT2D eigenvalue weighted by Gasteiger charge is -2.07. The highest BCUT2D eigenvalue weighted by Crippen LogP contribution is 2.23. The van der Waals surface area contributed by atoms with Crippen molar-refractivity contribution in [2.45, 2.75) is 19.4 Å². The third kappa shape index (κ3) is 2.25. The lowest BCUT2D eigenvalue weighted by atomic mass is 10.1. The third-order valence-electron chi connectivity index (χ3n) is 2.25. The number of hydrogen-bond donors (Lipinski definition) is 0. The largest absolute Gasteiger partial charge is 0.342 e. The lowest BCUT2D eigenvalue weighted by molar-refractivity contribution is -0.274. The van der Waals surface area contributed by atoms with Crippen molar-refractivity contribution in [1.82, 2.24) is 4.98 Å². The minimum atomic E-state index is -0.386. The minimum absolute atomic E-state index is 0.180. The van der Waals surface area contributed by atoms with Gasteiger partial charge in [-0.2, -0.15) is 4.89 Å². The highest BCUT2D eigenvalue weighted by molar-refractivity contribution is 5.84. The molecule has 1 atom stereocenters. The summed E-state index contributed by atoms with van der Waals surface area (Å²) in [5, 5.41) is 0. The predicted molar refractivity (Wildman–Crippen MR) is 56.9 cm³/mol. The number of nitrogens with zero attached hydrogens (tertiary/aromatic N) is 2. The molecule has 16 heavy (non-hydrogen) atoms. The summed E-state index contributed by atoms with van der Waals surface area (Å²) in [7, 11) is 0. The van der Waals surface area contributed by atoms with Crippen molar-refractivity contribution in [2.24, 2.45) is 4.99 Å². The van der Waals surface area contributed by atoms with Crippen LogP contribution >= 0.6 is 0 Å². The first kappa shape index (κ1) is 10.8. The Balaban J connectivity index is 1.89. The SMILES string of the molecule is CCC(=O)OOCC1N=Cc2cccnc21. The Bertz CT molecular complexity index is 417. The zero-order chi connectivity index (χ0) is 11.4. The summed E-state index contributed by atoms with van der Waals surface area (Å²) in [5.41, 5.74) is 1.84. The molecule has 1 aliphatic heterocycles. The average molecular weight is 220 g/mol. The van der Waals surface area contributed by atoms with Crippen LogP contribution in [0.3, 0.4) is 0 Å². The van der Waals surface area contributed by atoms with Gasteiger partial charge in [0, 0.05) is 24.4 Å². The van der Waals surface area contributed by atoms with Crippen LogP contribution in [-0.2, 0) is 14.6 Å². The van der Waals surface area contributed by atoms with Crippen LogP contribution in [-0.4, -0.2) is 23.8 Å². The summed E-state index contributed by atoms with van der Waals surface area (Å²) < 4.78 is 0. The molecule has 1 aromatic heterocycles. The number of hydrogen-bond acceptors (Lipinski definition) is 5. The van der Waals surface area contributed by atoms with Gasteiger partial charge in [0.05, 0.1) is 5.69 Å². The van der Waals surface area contributed by atoms with Gasteiger partial charge in [0.15, 0.2) is 0 Å². The van der Waals surface area contributed by atoms with E-state index in [1.807, 2.05) is 12.1 Å². The molecule has 1 aromatic rings. The molecule has 5 nitrogen and oxygen atoms in total. The number of rotatable bonds is 4. The molecule has 0 N–H and O–H groups in total. The van der Waals surface area contributed by atoms with Crippen LogP contribution in [0.15, 0.2) is 23.3 Å². The summed E-state index contributed by atoms with van der Waals surface area (Å²) in [6.07, 6.45) is 3.75. The van der Waals surface area contributed by atoms with Gasteiger partial charge in [-0.05, 0) is 6.07 Å². The lowest BCUT2D eigenvalue weighted by Crippen LogP contribution is -2.10. The van der Waals surface area contributed by atoms with Crippen LogP contribution in [0.25, 0.3) is 0 Å². The summed E-state index contributed by atoms with van der Waals surface area (Å²) in [6, 6.07) is 3.61. The molecular weight excluding hydrogens is 208 g/mol. The first-order chi connectivity index (χ1) is 7.81. The number of pyridine rings is 1. The number of carbonyl (C=O) groups is 1. The van der Waals surface area contributed by atoms with Crippen LogP contribution < -0.4 is 0 Å². The van der Waals surface area contributed by atoms with Gasteiger partial charge in [-0.15, -0.1) is 0 Å². The molecule has 0 aromatic carbocycles. The molecule has 0 spiro atoms. The fourth-order valence-electron chi connectivity index (χ4n) is 1.40. The summed E-state index contributed by atoms with van der Waals surface area (Å²) >= 11 is 0. The Morgan fingerprint density at radius 3 is 3.25 bits per heavy atom. The van der Waals surface area contributed by atoms with E-state index < -0.39 is 0 Å². The molecule has 2 heterocycles. The number of carbonyl (C=O) groups excluding carboxylic acids is 1. The molecular formula is C11H12N2O3. The molecule has 1 aliphatic rings. The van der Waals surface area contributed by atoms with Crippen molar-refractivity contribution in [3.8, 4) is 0 Å². The first-order valence-electron chi connectivity index (χ1n) is 5.11. The van der Waals surface area contributed by atoms with E-state index in [4.69, 9.17) is 4.89 Å². The maximum atomic E-state index is 10.8. The molecule has 0 bridgehead atoms. The highest BCUT2D eigenvalue weighted by atomic mass is 17.2. The molecule has 0 saturated heterocycles. The molecule has 1 unspecified atom stereocenters. The van der Waals surface area contributed by atoms with E-state index >= 15 is 0 Å². The molecule has 0 saturated carbocycles. The smallest absolute Gasteiger partial charge is 0.298 e. The molecule has 0 amide bonds. The zero-order valence-corrected chi connectivity index (χ0v) is 8.92. The number of aromatic nitrogens is 1. The normalized spacial score (nSPS) is 17.2. The van der Waals surface area contributed by atoms with Gasteiger partial charge in [0.25, 0.3) is 0 Å². The van der Waals surface area contributed by atoms with Crippen molar-refractivity contribution in [1.29, 1.82) is 0 Å². The van der Waals surface area contributed by atoms with Crippen molar-refractivity contribution in [3.05, 3.63) is 29.6 Å². The van der Waals surface area contributed by atoms with E-state index in [9.17, 15) is 4.79 Å². The van der Waals surface area contributed by atoms with Crippen molar-refractivity contribution in [3.63, 3.8) is 0 Å². The van der Waals surface area contributed by atoms with Crippen LogP contribution in [0.5, 0.6) is 0 Å². The van der Waals surface area contributed by atoms with E-state index in [2.05, 4.69) is 14.9 Å². The standard InChI is InChI=1S/C11H12N2O3/c1-2-10(14)16-15-7-9-11-8(6-13-9)4-3-5-12-11/h3-6,9H,2,7H2,1H3. The van der Waals surface area contributed by atoms with Crippen molar-refractivity contribution >= 4 is 12.2 Å². The molecule has 2 rings (SSSR count). The highest BCUT2D eigenvalue weighted by Gasteiger charge is 2.20. The van der Waals surface area contributed by atoms with Gasteiger partial charge in [-0.1, -0.05) is 13.0 Å². The summed E-state index contributed by atoms with van der Waals surface area (Å²) in [5.74, 6) is -0.386. The second-order valence-electron chi connectivity index (χ2n) is 3.37. The Labute approximate surface area is 93.0 Å². The van der Waals surface area contributed by atoms with E-state index in [1.165, 1.54) is 0 Å². The maximum Gasteiger partial charge on any atom is 0.342 e. The van der Waals surface area contributed by atoms with Crippen LogP contribution in [0.2, 0.25) is 0 Å². The second kappa shape index (κ2) is 4.85. The monoisotopic (exact) mass is 220 g/mol. The van der Waals surface area contributed by atoms with Gasteiger partial charge >= 0.3 is 5.97 Å². The zero-order valence-electron chi connectivity index (χ0n) is 8.92. The molecule has 5 heteroatoms. The Morgan fingerprint density at radius 1 is 1.56 bits per heavy atom.